The molecule has 0 bridgehead atoms. The first-order valence-electron chi connectivity index (χ1n) is 7.87. The first-order valence-corrected chi connectivity index (χ1v) is 8.85. The average Bonchev–Trinajstić information content (AvgIpc) is 2.63. The highest BCUT2D eigenvalue weighted by Crippen LogP contribution is 2.28. The molecule has 0 N–H and O–H groups in total. The normalized spacial score (nSPS) is 9.71. The van der Waals surface area contributed by atoms with Crippen LogP contribution in [-0.4, -0.2) is 19.7 Å². The zero-order chi connectivity index (χ0) is 17.9. The van der Waals surface area contributed by atoms with Crippen molar-refractivity contribution in [2.45, 2.75) is 31.4 Å². The second kappa shape index (κ2) is 10.7. The van der Waals surface area contributed by atoms with Crippen LogP contribution in [0.4, 0.5) is 4.39 Å². The van der Waals surface area contributed by atoms with Crippen LogP contribution in [0.3, 0.4) is 0 Å². The predicted molar refractivity (Wildman–Crippen MR) is 96.3 cm³/mol. The second-order valence-electron chi connectivity index (χ2n) is 4.47. The summed E-state index contributed by atoms with van der Waals surface area (Å²) in [7, 11) is 1.61. The third kappa shape index (κ3) is 5.57. The van der Waals surface area contributed by atoms with Crippen molar-refractivity contribution >= 4 is 17.7 Å². The summed E-state index contributed by atoms with van der Waals surface area (Å²) in [6.07, 6.45) is 0. The SMILES string of the molecule is CC.CCOC(=O)c1cccc(SCc2ccc(OC)cc2)c1F. The molecule has 0 aliphatic heterocycles. The molecule has 0 spiro atoms. The van der Waals surface area contributed by atoms with E-state index in [1.807, 2.05) is 38.1 Å². The van der Waals surface area contributed by atoms with E-state index in [-0.39, 0.29) is 12.2 Å². The van der Waals surface area contributed by atoms with Crippen LogP contribution >= 0.6 is 11.8 Å². The summed E-state index contributed by atoms with van der Waals surface area (Å²) in [6, 6.07) is 12.3. The molecule has 0 aromatic heterocycles. The number of thioether (sulfide) groups is 1. The Hall–Kier alpha value is -2.01. The smallest absolute Gasteiger partial charge is 0.341 e. The molecule has 0 saturated carbocycles. The molecule has 0 aliphatic rings. The van der Waals surface area contributed by atoms with Gasteiger partial charge in [-0.25, -0.2) is 9.18 Å². The van der Waals surface area contributed by atoms with Gasteiger partial charge in [0, 0.05) is 10.6 Å². The third-order valence-electron chi connectivity index (χ3n) is 3.01. The molecule has 0 radical (unpaired) electrons. The van der Waals surface area contributed by atoms with E-state index in [0.717, 1.165) is 11.3 Å². The number of methoxy groups -OCH3 is 1. The van der Waals surface area contributed by atoms with Crippen molar-refractivity contribution in [1.29, 1.82) is 0 Å². The van der Waals surface area contributed by atoms with Gasteiger partial charge in [0.05, 0.1) is 19.3 Å². The van der Waals surface area contributed by atoms with Crippen molar-refractivity contribution in [2.24, 2.45) is 0 Å². The predicted octanol–water partition coefficient (Wildman–Crippen LogP) is 5.33. The highest BCUT2D eigenvalue weighted by Gasteiger charge is 2.16. The Labute approximate surface area is 147 Å². The highest BCUT2D eigenvalue weighted by atomic mass is 32.2. The number of hydrogen-bond acceptors (Lipinski definition) is 4. The Morgan fingerprint density at radius 1 is 1.12 bits per heavy atom. The van der Waals surface area contributed by atoms with Crippen LogP contribution in [0.15, 0.2) is 47.4 Å². The minimum atomic E-state index is -0.633. The third-order valence-corrected chi connectivity index (χ3v) is 4.12. The maximum atomic E-state index is 14.3. The molecule has 2 aromatic carbocycles. The van der Waals surface area contributed by atoms with Crippen LogP contribution in [0.5, 0.6) is 5.75 Å². The largest absolute Gasteiger partial charge is 0.497 e. The number of carbonyl (C=O) groups excluding carboxylic acids is 1. The van der Waals surface area contributed by atoms with E-state index in [9.17, 15) is 9.18 Å². The van der Waals surface area contributed by atoms with Crippen LogP contribution in [0.1, 0.15) is 36.7 Å². The van der Waals surface area contributed by atoms with Gasteiger partial charge < -0.3 is 9.47 Å². The van der Waals surface area contributed by atoms with Gasteiger partial charge in [0.1, 0.15) is 5.75 Å². The molecule has 3 nitrogen and oxygen atoms in total. The van der Waals surface area contributed by atoms with Crippen LogP contribution < -0.4 is 4.74 Å². The lowest BCUT2D eigenvalue weighted by molar-refractivity contribution is 0.0520. The molecule has 2 rings (SSSR count). The van der Waals surface area contributed by atoms with E-state index < -0.39 is 11.8 Å². The Balaban J connectivity index is 0.00000139. The molecule has 0 saturated heterocycles. The Morgan fingerprint density at radius 3 is 2.38 bits per heavy atom. The van der Waals surface area contributed by atoms with Gasteiger partial charge in [-0.2, -0.15) is 0 Å². The molecule has 24 heavy (non-hydrogen) atoms. The molecule has 0 amide bonds. The van der Waals surface area contributed by atoms with Gasteiger partial charge in [0.25, 0.3) is 0 Å². The van der Waals surface area contributed by atoms with Gasteiger partial charge >= 0.3 is 5.97 Å². The quantitative estimate of drug-likeness (QED) is 0.521. The number of esters is 1. The summed E-state index contributed by atoms with van der Waals surface area (Å²) in [4.78, 5) is 12.1. The molecule has 130 valence electrons. The number of hydrogen-bond donors (Lipinski definition) is 0. The zero-order valence-electron chi connectivity index (χ0n) is 14.5. The van der Waals surface area contributed by atoms with E-state index in [2.05, 4.69) is 0 Å². The van der Waals surface area contributed by atoms with E-state index >= 15 is 0 Å². The summed E-state index contributed by atoms with van der Waals surface area (Å²) in [6.45, 7) is 5.92. The molecule has 2 aromatic rings. The van der Waals surface area contributed by atoms with E-state index in [1.54, 1.807) is 26.2 Å². The monoisotopic (exact) mass is 350 g/mol. The first kappa shape index (κ1) is 20.0. The number of benzene rings is 2. The standard InChI is InChI=1S/C17H17FO3S.C2H6/c1-3-21-17(19)14-5-4-6-15(16(14)18)22-11-12-7-9-13(20-2)10-8-12;1-2/h4-10H,3,11H2,1-2H3;1-2H3. The second-order valence-corrected chi connectivity index (χ2v) is 5.49. The maximum Gasteiger partial charge on any atom is 0.341 e. The van der Waals surface area contributed by atoms with Crippen molar-refractivity contribution in [2.75, 3.05) is 13.7 Å². The molecular formula is C19H23FO3S. The van der Waals surface area contributed by atoms with Gasteiger partial charge in [-0.1, -0.05) is 32.0 Å². The van der Waals surface area contributed by atoms with E-state index in [0.29, 0.717) is 10.6 Å². The zero-order valence-corrected chi connectivity index (χ0v) is 15.3. The summed E-state index contributed by atoms with van der Waals surface area (Å²) in [5, 5.41) is 0. The first-order chi connectivity index (χ1) is 11.7. The minimum Gasteiger partial charge on any atom is -0.497 e. The van der Waals surface area contributed by atoms with Crippen molar-refractivity contribution in [1.82, 2.24) is 0 Å². The van der Waals surface area contributed by atoms with Gasteiger partial charge in [0.2, 0.25) is 0 Å². The molecule has 0 atom stereocenters. The lowest BCUT2D eigenvalue weighted by Gasteiger charge is -2.08. The molecule has 0 heterocycles. The molecular weight excluding hydrogens is 327 g/mol. The van der Waals surface area contributed by atoms with Crippen molar-refractivity contribution in [3.63, 3.8) is 0 Å². The van der Waals surface area contributed by atoms with Crippen LogP contribution in [0.25, 0.3) is 0 Å². The number of halogens is 1. The molecule has 0 aliphatic carbocycles. The number of rotatable bonds is 6. The Kier molecular flexibility index (Phi) is 8.94. The summed E-state index contributed by atoms with van der Waals surface area (Å²) < 4.78 is 24.3. The molecule has 0 fully saturated rings. The van der Waals surface area contributed by atoms with Crippen molar-refractivity contribution < 1.29 is 18.7 Å². The van der Waals surface area contributed by atoms with Gasteiger partial charge in [-0.3, -0.25) is 0 Å². The minimum absolute atomic E-state index is 0.0263. The van der Waals surface area contributed by atoms with Gasteiger partial charge in [-0.05, 0) is 36.8 Å². The number of carbonyl (C=O) groups is 1. The van der Waals surface area contributed by atoms with E-state index in [4.69, 9.17) is 9.47 Å². The van der Waals surface area contributed by atoms with Crippen molar-refractivity contribution in [3.8, 4) is 5.75 Å². The summed E-state index contributed by atoms with van der Waals surface area (Å²) in [5.74, 6) is 0.225. The highest BCUT2D eigenvalue weighted by molar-refractivity contribution is 7.98. The lowest BCUT2D eigenvalue weighted by Crippen LogP contribution is -2.07. The fourth-order valence-electron chi connectivity index (χ4n) is 1.87. The lowest BCUT2D eigenvalue weighted by atomic mass is 10.2. The summed E-state index contributed by atoms with van der Waals surface area (Å²) in [5.41, 5.74) is 1.02. The van der Waals surface area contributed by atoms with Crippen LogP contribution in [0.2, 0.25) is 0 Å². The fraction of sp³-hybridized carbons (Fsp3) is 0.316. The van der Waals surface area contributed by atoms with Gasteiger partial charge in [0.15, 0.2) is 5.82 Å². The topological polar surface area (TPSA) is 35.5 Å². The number of ether oxygens (including phenoxy) is 2. The van der Waals surface area contributed by atoms with Crippen LogP contribution in [-0.2, 0) is 10.5 Å². The summed E-state index contributed by atoms with van der Waals surface area (Å²) >= 11 is 1.34. The molecule has 5 heteroatoms. The Morgan fingerprint density at radius 2 is 1.79 bits per heavy atom. The molecule has 0 unspecified atom stereocenters. The van der Waals surface area contributed by atoms with Crippen LogP contribution in [0, 0.1) is 5.82 Å². The van der Waals surface area contributed by atoms with E-state index in [1.165, 1.54) is 17.8 Å². The fourth-order valence-corrected chi connectivity index (χ4v) is 2.80. The van der Waals surface area contributed by atoms with Gasteiger partial charge in [-0.15, -0.1) is 11.8 Å². The maximum absolute atomic E-state index is 14.3. The average molecular weight is 350 g/mol. The Bertz CT molecular complexity index is 642. The van der Waals surface area contributed by atoms with Crippen molar-refractivity contribution in [3.05, 3.63) is 59.4 Å².